The zero-order valence-corrected chi connectivity index (χ0v) is 5.88. The molecular formula is C5H8F2N4. The molecule has 0 aliphatic carbocycles. The van der Waals surface area contributed by atoms with Gasteiger partial charge >= 0.3 is 0 Å². The molecule has 0 radical (unpaired) electrons. The number of H-pyrrole nitrogens is 1. The minimum absolute atomic E-state index is 0.209. The van der Waals surface area contributed by atoms with Gasteiger partial charge in [-0.1, -0.05) is 0 Å². The Hall–Kier alpha value is -1.04. The molecule has 0 aliphatic rings. The fourth-order valence-electron chi connectivity index (χ4n) is 0.589. The molecule has 3 N–H and O–H groups in total. The standard InChI is InChI=1S/C5H8F2N4/c1-2(8)4-9-5(3(6)7)11-10-4/h2-3H,8H2,1H3,(H,9,10,11)/t2-/m1/s1. The highest BCUT2D eigenvalue weighted by Gasteiger charge is 2.14. The second kappa shape index (κ2) is 2.91. The SMILES string of the molecule is C[C@@H](N)c1n[nH]c(C(F)F)n1. The number of hydrogen-bond acceptors (Lipinski definition) is 3. The number of aromatic amines is 1. The summed E-state index contributed by atoms with van der Waals surface area (Å²) in [6.45, 7) is 1.62. The Balaban J connectivity index is 2.82. The molecule has 0 aromatic carbocycles. The van der Waals surface area contributed by atoms with E-state index >= 15 is 0 Å². The van der Waals surface area contributed by atoms with Crippen molar-refractivity contribution in [2.45, 2.75) is 19.4 Å². The normalized spacial score (nSPS) is 13.9. The zero-order valence-electron chi connectivity index (χ0n) is 5.88. The second-order valence-electron chi connectivity index (χ2n) is 2.17. The summed E-state index contributed by atoms with van der Waals surface area (Å²) in [6, 6.07) is -0.418. The maximum absolute atomic E-state index is 11.9. The molecule has 0 spiro atoms. The van der Waals surface area contributed by atoms with Crippen LogP contribution in [0.1, 0.15) is 31.0 Å². The number of alkyl halides is 2. The lowest BCUT2D eigenvalue weighted by molar-refractivity contribution is 0.140. The number of aromatic nitrogens is 3. The molecule has 0 aliphatic heterocycles. The zero-order chi connectivity index (χ0) is 8.43. The van der Waals surface area contributed by atoms with Crippen molar-refractivity contribution in [3.8, 4) is 0 Å². The Labute approximate surface area is 61.8 Å². The fraction of sp³-hybridized carbons (Fsp3) is 0.600. The monoisotopic (exact) mass is 162 g/mol. The minimum atomic E-state index is -2.62. The van der Waals surface area contributed by atoms with Crippen LogP contribution in [0.2, 0.25) is 0 Å². The average molecular weight is 162 g/mol. The highest BCUT2D eigenvalue weighted by atomic mass is 19.3. The lowest BCUT2D eigenvalue weighted by Gasteiger charge is -1.94. The van der Waals surface area contributed by atoms with Crippen molar-refractivity contribution in [1.29, 1.82) is 0 Å². The van der Waals surface area contributed by atoms with Crippen molar-refractivity contribution >= 4 is 0 Å². The van der Waals surface area contributed by atoms with Crippen molar-refractivity contribution in [2.24, 2.45) is 5.73 Å². The molecule has 0 amide bonds. The van der Waals surface area contributed by atoms with Crippen LogP contribution in [-0.2, 0) is 0 Å². The molecule has 0 saturated heterocycles. The van der Waals surface area contributed by atoms with Crippen LogP contribution in [0, 0.1) is 0 Å². The molecule has 0 saturated carbocycles. The van der Waals surface area contributed by atoms with E-state index in [9.17, 15) is 8.78 Å². The maximum Gasteiger partial charge on any atom is 0.296 e. The molecule has 0 fully saturated rings. The molecule has 1 aromatic rings. The van der Waals surface area contributed by atoms with E-state index in [2.05, 4.69) is 15.2 Å². The molecule has 4 nitrogen and oxygen atoms in total. The van der Waals surface area contributed by atoms with Crippen molar-refractivity contribution in [3.05, 3.63) is 11.6 Å². The second-order valence-corrected chi connectivity index (χ2v) is 2.17. The maximum atomic E-state index is 11.9. The van der Waals surface area contributed by atoms with Crippen molar-refractivity contribution < 1.29 is 8.78 Å². The van der Waals surface area contributed by atoms with Gasteiger partial charge in [-0.2, -0.15) is 5.10 Å². The van der Waals surface area contributed by atoms with Gasteiger partial charge in [0, 0.05) is 0 Å². The summed E-state index contributed by atoms with van der Waals surface area (Å²) in [6.07, 6.45) is -2.62. The molecule has 1 atom stereocenters. The van der Waals surface area contributed by atoms with Gasteiger partial charge in [-0.15, -0.1) is 0 Å². The first kappa shape index (κ1) is 8.06. The first-order valence-electron chi connectivity index (χ1n) is 3.07. The molecule has 11 heavy (non-hydrogen) atoms. The highest BCUT2D eigenvalue weighted by Crippen LogP contribution is 2.14. The lowest BCUT2D eigenvalue weighted by atomic mass is 10.3. The number of nitrogens with one attached hydrogen (secondary N) is 1. The smallest absolute Gasteiger partial charge is 0.296 e. The summed E-state index contributed by atoms with van der Waals surface area (Å²) in [4.78, 5) is 3.47. The number of rotatable bonds is 2. The predicted molar refractivity (Wildman–Crippen MR) is 33.9 cm³/mol. The summed E-state index contributed by atoms with van der Waals surface area (Å²) in [5.41, 5.74) is 5.34. The first-order valence-corrected chi connectivity index (χ1v) is 3.07. The molecule has 0 bridgehead atoms. The number of nitrogens with zero attached hydrogens (tertiary/aromatic N) is 2. The van der Waals surface area contributed by atoms with Gasteiger partial charge in [0.05, 0.1) is 6.04 Å². The molecule has 1 aromatic heterocycles. The van der Waals surface area contributed by atoms with Crippen LogP contribution < -0.4 is 5.73 Å². The molecule has 1 heterocycles. The summed E-state index contributed by atoms with van der Waals surface area (Å²) < 4.78 is 23.7. The third-order valence-electron chi connectivity index (χ3n) is 1.13. The lowest BCUT2D eigenvalue weighted by Crippen LogP contribution is -2.06. The summed E-state index contributed by atoms with van der Waals surface area (Å²) in [5, 5.41) is 5.59. The van der Waals surface area contributed by atoms with Crippen LogP contribution in [0.15, 0.2) is 0 Å². The van der Waals surface area contributed by atoms with Crippen molar-refractivity contribution in [3.63, 3.8) is 0 Å². The van der Waals surface area contributed by atoms with E-state index < -0.39 is 18.3 Å². The van der Waals surface area contributed by atoms with E-state index in [1.54, 1.807) is 6.92 Å². The largest absolute Gasteiger partial charge is 0.321 e. The molecule has 1 rings (SSSR count). The Morgan fingerprint density at radius 1 is 1.55 bits per heavy atom. The Kier molecular flexibility index (Phi) is 2.13. The van der Waals surface area contributed by atoms with Gasteiger partial charge < -0.3 is 5.73 Å². The van der Waals surface area contributed by atoms with Gasteiger partial charge in [0.15, 0.2) is 11.6 Å². The van der Waals surface area contributed by atoms with Crippen LogP contribution >= 0.6 is 0 Å². The number of halogens is 2. The van der Waals surface area contributed by atoms with Crippen molar-refractivity contribution in [1.82, 2.24) is 15.2 Å². The van der Waals surface area contributed by atoms with E-state index in [1.165, 1.54) is 0 Å². The van der Waals surface area contributed by atoms with E-state index in [4.69, 9.17) is 5.73 Å². The number of hydrogen-bond donors (Lipinski definition) is 2. The first-order chi connectivity index (χ1) is 5.11. The van der Waals surface area contributed by atoms with Gasteiger partial charge in [0.25, 0.3) is 6.43 Å². The topological polar surface area (TPSA) is 67.6 Å². The Bertz CT molecular complexity index is 210. The van der Waals surface area contributed by atoms with Gasteiger partial charge in [0.2, 0.25) is 0 Å². The van der Waals surface area contributed by atoms with E-state index in [0.717, 1.165) is 0 Å². The summed E-state index contributed by atoms with van der Waals surface area (Å²) >= 11 is 0. The number of nitrogens with two attached hydrogens (primary N) is 1. The fourth-order valence-corrected chi connectivity index (χ4v) is 0.589. The third-order valence-corrected chi connectivity index (χ3v) is 1.13. The quantitative estimate of drug-likeness (QED) is 0.674. The van der Waals surface area contributed by atoms with Gasteiger partial charge in [-0.25, -0.2) is 13.8 Å². The molecular weight excluding hydrogens is 154 g/mol. The average Bonchev–Trinajstić information content (AvgIpc) is 2.33. The predicted octanol–water partition coefficient (Wildman–Crippen LogP) is 0.762. The van der Waals surface area contributed by atoms with E-state index in [0.29, 0.717) is 0 Å². The minimum Gasteiger partial charge on any atom is -0.321 e. The van der Waals surface area contributed by atoms with E-state index in [1.807, 2.05) is 0 Å². The van der Waals surface area contributed by atoms with Gasteiger partial charge in [-0.05, 0) is 6.92 Å². The molecule has 0 unspecified atom stereocenters. The van der Waals surface area contributed by atoms with Crippen molar-refractivity contribution in [2.75, 3.05) is 0 Å². The molecule has 6 heteroatoms. The van der Waals surface area contributed by atoms with Crippen LogP contribution in [0.3, 0.4) is 0 Å². The van der Waals surface area contributed by atoms with Crippen LogP contribution in [-0.4, -0.2) is 15.2 Å². The van der Waals surface area contributed by atoms with Crippen LogP contribution in [0.4, 0.5) is 8.78 Å². The van der Waals surface area contributed by atoms with E-state index in [-0.39, 0.29) is 5.82 Å². The molecule has 62 valence electrons. The summed E-state index contributed by atoms with van der Waals surface area (Å²) in [5.74, 6) is -0.224. The van der Waals surface area contributed by atoms with Crippen LogP contribution in [0.5, 0.6) is 0 Å². The summed E-state index contributed by atoms with van der Waals surface area (Å²) in [7, 11) is 0. The Morgan fingerprint density at radius 2 is 2.18 bits per heavy atom. The Morgan fingerprint density at radius 3 is 2.45 bits per heavy atom. The highest BCUT2D eigenvalue weighted by molar-refractivity contribution is 4.94. The third kappa shape index (κ3) is 1.70. The van der Waals surface area contributed by atoms with Gasteiger partial charge in [0.1, 0.15) is 0 Å². The van der Waals surface area contributed by atoms with Crippen LogP contribution in [0.25, 0.3) is 0 Å². The van der Waals surface area contributed by atoms with Gasteiger partial charge in [-0.3, -0.25) is 5.10 Å².